The molecule has 24 heavy (non-hydrogen) atoms. The second-order valence-electron chi connectivity index (χ2n) is 5.92. The van der Waals surface area contributed by atoms with Gasteiger partial charge in [0.1, 0.15) is 0 Å². The molecule has 0 atom stereocenters. The zero-order valence-corrected chi connectivity index (χ0v) is 15.6. The molecule has 1 fully saturated rings. The predicted molar refractivity (Wildman–Crippen MR) is 95.6 cm³/mol. The molecule has 7 nitrogen and oxygen atoms in total. The Kier molecular flexibility index (Phi) is 4.86. The third-order valence-corrected chi connectivity index (χ3v) is 4.51. The van der Waals surface area contributed by atoms with Crippen molar-refractivity contribution in [1.82, 2.24) is 14.9 Å². The third-order valence-electron chi connectivity index (χ3n) is 4.08. The quantitative estimate of drug-likeness (QED) is 0.862. The molecule has 1 N–H and O–H groups in total. The van der Waals surface area contributed by atoms with Crippen LogP contribution in [0.25, 0.3) is 0 Å². The highest BCUT2D eigenvalue weighted by Crippen LogP contribution is 2.23. The Morgan fingerprint density at radius 2 is 1.79 bits per heavy atom. The number of halogens is 1. The molecule has 8 heteroatoms. The first-order valence-electron chi connectivity index (χ1n) is 7.79. The van der Waals surface area contributed by atoms with Crippen molar-refractivity contribution in [2.75, 3.05) is 43.4 Å². The number of hydrogen-bond acceptors (Lipinski definition) is 6. The second-order valence-corrected chi connectivity index (χ2v) is 6.70. The number of furan rings is 1. The number of likely N-dealkylation sites (N-methyl/N-ethyl adjacent to an activating group) is 1. The van der Waals surface area contributed by atoms with E-state index < -0.39 is 0 Å². The first kappa shape index (κ1) is 16.9. The number of carbonyl (C=O) groups excluding carboxylic acids is 1. The number of nitrogens with zero attached hydrogens (tertiary/aromatic N) is 4. The summed E-state index contributed by atoms with van der Waals surface area (Å²) in [6.45, 7) is 7.55. The molecule has 2 aromatic rings. The Hall–Kier alpha value is -1.93. The topological polar surface area (TPSA) is 74.5 Å². The van der Waals surface area contributed by atoms with Crippen LogP contribution in [0.2, 0.25) is 0 Å². The van der Waals surface area contributed by atoms with E-state index in [2.05, 4.69) is 48.1 Å². The van der Waals surface area contributed by atoms with E-state index in [0.29, 0.717) is 10.4 Å². The standard InChI is InChI=1S/C16H20BrN5O2/c1-10-14(20-15(23)12-4-5-13(17)24-12)11(2)19-16(18-10)22-8-6-21(3)7-9-22/h4-5H,6-9H2,1-3H3,(H,20,23). The van der Waals surface area contributed by atoms with Gasteiger partial charge in [0.2, 0.25) is 5.95 Å². The van der Waals surface area contributed by atoms with Crippen LogP contribution in [0.3, 0.4) is 0 Å². The Labute approximate surface area is 149 Å². The van der Waals surface area contributed by atoms with Crippen LogP contribution in [0.4, 0.5) is 11.6 Å². The highest BCUT2D eigenvalue weighted by atomic mass is 79.9. The molecular weight excluding hydrogens is 374 g/mol. The van der Waals surface area contributed by atoms with Crippen LogP contribution >= 0.6 is 15.9 Å². The molecule has 2 aromatic heterocycles. The monoisotopic (exact) mass is 393 g/mol. The summed E-state index contributed by atoms with van der Waals surface area (Å²) in [4.78, 5) is 25.9. The van der Waals surface area contributed by atoms with E-state index >= 15 is 0 Å². The number of nitrogens with one attached hydrogen (secondary N) is 1. The van der Waals surface area contributed by atoms with Gasteiger partial charge >= 0.3 is 0 Å². The summed E-state index contributed by atoms with van der Waals surface area (Å²) >= 11 is 3.19. The van der Waals surface area contributed by atoms with Crippen molar-refractivity contribution in [3.05, 3.63) is 34.0 Å². The van der Waals surface area contributed by atoms with Crippen LogP contribution in [-0.2, 0) is 0 Å². The highest BCUT2D eigenvalue weighted by molar-refractivity contribution is 9.10. The molecule has 1 saturated heterocycles. The average molecular weight is 394 g/mol. The number of anilines is 2. The molecular formula is C16H20BrN5O2. The number of aromatic nitrogens is 2. The van der Waals surface area contributed by atoms with Crippen LogP contribution in [-0.4, -0.2) is 54.0 Å². The molecule has 0 spiro atoms. The first-order valence-corrected chi connectivity index (χ1v) is 8.59. The molecule has 3 heterocycles. The fourth-order valence-corrected chi connectivity index (χ4v) is 2.95. The number of piperazine rings is 1. The molecule has 3 rings (SSSR count). The first-order chi connectivity index (χ1) is 11.4. The summed E-state index contributed by atoms with van der Waals surface area (Å²) in [6.07, 6.45) is 0. The largest absolute Gasteiger partial charge is 0.444 e. The molecule has 0 radical (unpaired) electrons. The van der Waals surface area contributed by atoms with Gasteiger partial charge in [-0.1, -0.05) is 0 Å². The molecule has 0 unspecified atom stereocenters. The second kappa shape index (κ2) is 6.90. The number of aryl methyl sites for hydroxylation is 2. The van der Waals surface area contributed by atoms with Gasteiger partial charge in [-0.2, -0.15) is 0 Å². The molecule has 0 aromatic carbocycles. The van der Waals surface area contributed by atoms with Gasteiger partial charge in [0.25, 0.3) is 5.91 Å². The van der Waals surface area contributed by atoms with Crippen molar-refractivity contribution in [1.29, 1.82) is 0 Å². The summed E-state index contributed by atoms with van der Waals surface area (Å²) in [6, 6.07) is 3.30. The van der Waals surface area contributed by atoms with Gasteiger partial charge in [0.15, 0.2) is 10.4 Å². The van der Waals surface area contributed by atoms with Crippen molar-refractivity contribution < 1.29 is 9.21 Å². The summed E-state index contributed by atoms with van der Waals surface area (Å²) in [5.41, 5.74) is 2.12. The maximum atomic E-state index is 12.3. The van der Waals surface area contributed by atoms with Gasteiger partial charge in [0, 0.05) is 26.2 Å². The van der Waals surface area contributed by atoms with Gasteiger partial charge in [-0.3, -0.25) is 4.79 Å². The molecule has 1 aliphatic heterocycles. The summed E-state index contributed by atoms with van der Waals surface area (Å²) in [7, 11) is 2.11. The predicted octanol–water partition coefficient (Wildman–Crippen LogP) is 2.45. The van der Waals surface area contributed by atoms with E-state index in [9.17, 15) is 4.79 Å². The minimum absolute atomic E-state index is 0.240. The third kappa shape index (κ3) is 3.59. The van der Waals surface area contributed by atoms with Gasteiger partial charge in [-0.05, 0) is 49.0 Å². The summed E-state index contributed by atoms with van der Waals surface area (Å²) < 4.78 is 5.79. The fourth-order valence-electron chi connectivity index (χ4n) is 2.64. The normalized spacial score (nSPS) is 15.6. The Balaban J connectivity index is 1.78. The van der Waals surface area contributed by atoms with Gasteiger partial charge < -0.3 is 19.5 Å². The Bertz CT molecular complexity index is 730. The lowest BCUT2D eigenvalue weighted by molar-refractivity contribution is 0.0995. The van der Waals surface area contributed by atoms with Crippen LogP contribution in [0.15, 0.2) is 21.2 Å². The molecule has 0 bridgehead atoms. The molecule has 128 valence electrons. The SMILES string of the molecule is Cc1nc(N2CCN(C)CC2)nc(C)c1NC(=O)c1ccc(Br)o1. The zero-order valence-electron chi connectivity index (χ0n) is 14.0. The van der Waals surface area contributed by atoms with Gasteiger partial charge in [0.05, 0.1) is 17.1 Å². The van der Waals surface area contributed by atoms with Crippen LogP contribution in [0.1, 0.15) is 21.9 Å². The maximum Gasteiger partial charge on any atom is 0.291 e. The number of amides is 1. The lowest BCUT2D eigenvalue weighted by Gasteiger charge is -2.32. The highest BCUT2D eigenvalue weighted by Gasteiger charge is 2.20. The summed E-state index contributed by atoms with van der Waals surface area (Å²) in [5.74, 6) is 0.642. The van der Waals surface area contributed by atoms with Crippen molar-refractivity contribution in [2.24, 2.45) is 0 Å². The Morgan fingerprint density at radius 1 is 1.17 bits per heavy atom. The van der Waals surface area contributed by atoms with E-state index in [4.69, 9.17) is 4.42 Å². The van der Waals surface area contributed by atoms with E-state index in [1.165, 1.54) is 0 Å². The molecule has 1 amide bonds. The van der Waals surface area contributed by atoms with Crippen molar-refractivity contribution in [3.8, 4) is 0 Å². The number of carbonyl (C=O) groups is 1. The van der Waals surface area contributed by atoms with E-state index in [0.717, 1.165) is 43.5 Å². The zero-order chi connectivity index (χ0) is 17.3. The minimum atomic E-state index is -0.317. The van der Waals surface area contributed by atoms with Crippen LogP contribution < -0.4 is 10.2 Å². The summed E-state index contributed by atoms with van der Waals surface area (Å²) in [5, 5.41) is 2.84. The van der Waals surface area contributed by atoms with E-state index in [1.54, 1.807) is 12.1 Å². The molecule has 0 saturated carbocycles. The lowest BCUT2D eigenvalue weighted by atomic mass is 10.2. The minimum Gasteiger partial charge on any atom is -0.444 e. The smallest absolute Gasteiger partial charge is 0.291 e. The van der Waals surface area contributed by atoms with Gasteiger partial charge in [-0.25, -0.2) is 9.97 Å². The molecule has 0 aliphatic carbocycles. The van der Waals surface area contributed by atoms with E-state index in [-0.39, 0.29) is 11.7 Å². The van der Waals surface area contributed by atoms with Crippen molar-refractivity contribution in [3.63, 3.8) is 0 Å². The average Bonchev–Trinajstić information content (AvgIpc) is 2.98. The van der Waals surface area contributed by atoms with E-state index in [1.807, 2.05) is 13.8 Å². The fraction of sp³-hybridized carbons (Fsp3) is 0.438. The Morgan fingerprint density at radius 3 is 2.33 bits per heavy atom. The molecule has 1 aliphatic rings. The number of hydrogen-bond donors (Lipinski definition) is 1. The van der Waals surface area contributed by atoms with Gasteiger partial charge in [-0.15, -0.1) is 0 Å². The van der Waals surface area contributed by atoms with Crippen LogP contribution in [0.5, 0.6) is 0 Å². The van der Waals surface area contributed by atoms with Crippen molar-refractivity contribution >= 4 is 33.5 Å². The maximum absolute atomic E-state index is 12.3. The number of rotatable bonds is 3. The van der Waals surface area contributed by atoms with Crippen molar-refractivity contribution in [2.45, 2.75) is 13.8 Å². The van der Waals surface area contributed by atoms with Crippen LogP contribution in [0, 0.1) is 13.8 Å². The lowest BCUT2D eigenvalue weighted by Crippen LogP contribution is -2.45.